The van der Waals surface area contributed by atoms with E-state index >= 15 is 0 Å². The number of benzene rings is 1. The highest BCUT2D eigenvalue weighted by molar-refractivity contribution is 5.96. The summed E-state index contributed by atoms with van der Waals surface area (Å²) < 4.78 is 14.6. The van der Waals surface area contributed by atoms with Crippen LogP contribution in [0.3, 0.4) is 0 Å². The van der Waals surface area contributed by atoms with E-state index in [1.54, 1.807) is 24.5 Å². The van der Waals surface area contributed by atoms with Gasteiger partial charge >= 0.3 is 0 Å². The van der Waals surface area contributed by atoms with E-state index in [2.05, 4.69) is 10.3 Å². The lowest BCUT2D eigenvalue weighted by atomic mass is 10.1. The van der Waals surface area contributed by atoms with Crippen LogP contribution in [0, 0.1) is 5.82 Å². The van der Waals surface area contributed by atoms with Crippen molar-refractivity contribution in [3.63, 3.8) is 0 Å². The number of pyridine rings is 2. The van der Waals surface area contributed by atoms with Crippen molar-refractivity contribution in [2.75, 3.05) is 0 Å². The van der Waals surface area contributed by atoms with Gasteiger partial charge in [0.1, 0.15) is 11.5 Å². The second kappa shape index (κ2) is 6.00. The predicted molar refractivity (Wildman–Crippen MR) is 84.6 cm³/mol. The third-order valence-corrected chi connectivity index (χ3v) is 3.64. The van der Waals surface area contributed by atoms with Crippen LogP contribution >= 0.6 is 0 Å². The van der Waals surface area contributed by atoms with E-state index in [-0.39, 0.29) is 11.3 Å². The second-order valence-corrected chi connectivity index (χ2v) is 5.16. The quantitative estimate of drug-likeness (QED) is 0.804. The van der Waals surface area contributed by atoms with Gasteiger partial charge in [-0.1, -0.05) is 0 Å². The highest BCUT2D eigenvalue weighted by atomic mass is 19.1. The third kappa shape index (κ3) is 2.96. The Kier molecular flexibility index (Phi) is 3.89. The summed E-state index contributed by atoms with van der Waals surface area (Å²) in [5.74, 6) is -0.846. The molecule has 116 valence electrons. The molecule has 23 heavy (non-hydrogen) atoms. The van der Waals surface area contributed by atoms with Gasteiger partial charge in [0.05, 0.1) is 0 Å². The summed E-state index contributed by atoms with van der Waals surface area (Å²) >= 11 is 0. The van der Waals surface area contributed by atoms with Crippen LogP contribution < -0.4 is 10.9 Å². The van der Waals surface area contributed by atoms with Crippen LogP contribution in [0.15, 0.2) is 53.6 Å². The molecule has 0 saturated heterocycles. The van der Waals surface area contributed by atoms with E-state index in [1.165, 1.54) is 35.9 Å². The third-order valence-electron chi connectivity index (χ3n) is 3.64. The van der Waals surface area contributed by atoms with E-state index in [1.807, 2.05) is 0 Å². The van der Waals surface area contributed by atoms with Gasteiger partial charge in [0, 0.05) is 31.4 Å². The normalized spacial score (nSPS) is 10.7. The predicted octanol–water partition coefficient (Wildman–Crippen LogP) is 2.00. The van der Waals surface area contributed by atoms with Crippen LogP contribution in [0.5, 0.6) is 0 Å². The molecule has 5 nitrogen and oxygen atoms in total. The summed E-state index contributed by atoms with van der Waals surface area (Å²) in [7, 11) is 1.52. The molecule has 1 amide bonds. The standard InChI is InChI=1S/C17H14FN3O2/c1-21-15(16(22)20-10-11-4-6-19-7-5-11)9-12-8-13(18)2-3-14(12)17(21)23/h2-9H,10H2,1H3,(H,20,22). The number of carbonyl (C=O) groups is 1. The Balaban J connectivity index is 1.94. The van der Waals surface area contributed by atoms with Crippen LogP contribution in [0.25, 0.3) is 10.8 Å². The number of aromatic nitrogens is 2. The number of nitrogens with one attached hydrogen (secondary N) is 1. The summed E-state index contributed by atoms with van der Waals surface area (Å²) in [4.78, 5) is 28.5. The van der Waals surface area contributed by atoms with Gasteiger partial charge in [0.15, 0.2) is 0 Å². The zero-order chi connectivity index (χ0) is 16.4. The molecule has 0 spiro atoms. The van der Waals surface area contributed by atoms with Crippen molar-refractivity contribution in [1.29, 1.82) is 0 Å². The number of halogens is 1. The topological polar surface area (TPSA) is 64.0 Å². The molecule has 0 aliphatic carbocycles. The van der Waals surface area contributed by atoms with Crippen LogP contribution in [-0.2, 0) is 13.6 Å². The Labute approximate surface area is 131 Å². The number of fused-ring (bicyclic) bond motifs is 1. The largest absolute Gasteiger partial charge is 0.347 e. The van der Waals surface area contributed by atoms with Crippen molar-refractivity contribution < 1.29 is 9.18 Å². The molecule has 2 aromatic heterocycles. The fourth-order valence-electron chi connectivity index (χ4n) is 2.37. The Bertz CT molecular complexity index is 936. The minimum atomic E-state index is -0.450. The molecule has 0 unspecified atom stereocenters. The highest BCUT2D eigenvalue weighted by Gasteiger charge is 2.13. The van der Waals surface area contributed by atoms with Crippen LogP contribution in [0.1, 0.15) is 16.1 Å². The van der Waals surface area contributed by atoms with Crippen molar-refractivity contribution in [3.05, 3.63) is 76.2 Å². The molecule has 0 aliphatic rings. The molecule has 0 aliphatic heterocycles. The van der Waals surface area contributed by atoms with E-state index in [0.717, 1.165) is 5.56 Å². The molecular weight excluding hydrogens is 297 g/mol. The van der Waals surface area contributed by atoms with Crippen molar-refractivity contribution in [1.82, 2.24) is 14.9 Å². The molecule has 0 atom stereocenters. The van der Waals surface area contributed by atoms with Crippen molar-refractivity contribution in [2.24, 2.45) is 7.05 Å². The molecule has 6 heteroatoms. The first-order valence-corrected chi connectivity index (χ1v) is 7.02. The molecule has 0 saturated carbocycles. The maximum Gasteiger partial charge on any atom is 0.268 e. The number of rotatable bonds is 3. The monoisotopic (exact) mass is 311 g/mol. The average molecular weight is 311 g/mol. The summed E-state index contributed by atoms with van der Waals surface area (Å²) in [6, 6.07) is 8.99. The van der Waals surface area contributed by atoms with Gasteiger partial charge in [0.2, 0.25) is 0 Å². The van der Waals surface area contributed by atoms with Gasteiger partial charge in [-0.2, -0.15) is 0 Å². The minimum Gasteiger partial charge on any atom is -0.347 e. The summed E-state index contributed by atoms with van der Waals surface area (Å²) in [5, 5.41) is 3.52. The van der Waals surface area contributed by atoms with Gasteiger partial charge < -0.3 is 9.88 Å². The zero-order valence-electron chi connectivity index (χ0n) is 12.4. The molecule has 3 aromatic rings. The summed E-state index contributed by atoms with van der Waals surface area (Å²) in [6.45, 7) is 0.316. The fraction of sp³-hybridized carbons (Fsp3) is 0.118. The van der Waals surface area contributed by atoms with Crippen LogP contribution in [-0.4, -0.2) is 15.5 Å². The van der Waals surface area contributed by atoms with Gasteiger partial charge in [-0.15, -0.1) is 0 Å². The molecule has 0 radical (unpaired) electrons. The Hall–Kier alpha value is -3.02. The SMILES string of the molecule is Cn1c(C(=O)NCc2ccncc2)cc2cc(F)ccc2c1=O. The Morgan fingerprint density at radius 3 is 2.70 bits per heavy atom. The Morgan fingerprint density at radius 1 is 1.22 bits per heavy atom. The van der Waals surface area contributed by atoms with Crippen molar-refractivity contribution >= 4 is 16.7 Å². The average Bonchev–Trinajstić information content (AvgIpc) is 2.56. The number of hydrogen-bond donors (Lipinski definition) is 1. The summed E-state index contributed by atoms with van der Waals surface area (Å²) in [6.07, 6.45) is 3.27. The Morgan fingerprint density at radius 2 is 1.96 bits per heavy atom. The second-order valence-electron chi connectivity index (χ2n) is 5.16. The van der Waals surface area contributed by atoms with Crippen LogP contribution in [0.2, 0.25) is 0 Å². The first-order chi connectivity index (χ1) is 11.1. The van der Waals surface area contributed by atoms with Crippen molar-refractivity contribution in [2.45, 2.75) is 6.54 Å². The lowest BCUT2D eigenvalue weighted by Crippen LogP contribution is -2.30. The number of nitrogens with zero attached hydrogens (tertiary/aromatic N) is 2. The maximum atomic E-state index is 13.4. The van der Waals surface area contributed by atoms with E-state index in [0.29, 0.717) is 17.3 Å². The first-order valence-electron chi connectivity index (χ1n) is 7.02. The number of carbonyl (C=O) groups excluding carboxylic acids is 1. The van der Waals surface area contributed by atoms with Crippen molar-refractivity contribution in [3.8, 4) is 0 Å². The maximum absolute atomic E-state index is 13.4. The lowest BCUT2D eigenvalue weighted by Gasteiger charge is -2.11. The van der Waals surface area contributed by atoms with E-state index in [4.69, 9.17) is 0 Å². The van der Waals surface area contributed by atoms with Gasteiger partial charge in [0.25, 0.3) is 11.5 Å². The summed E-state index contributed by atoms with van der Waals surface area (Å²) in [5.41, 5.74) is 0.740. The van der Waals surface area contributed by atoms with Gasteiger partial charge in [-0.05, 0) is 47.3 Å². The molecular formula is C17H14FN3O2. The fourth-order valence-corrected chi connectivity index (χ4v) is 2.37. The number of hydrogen-bond acceptors (Lipinski definition) is 3. The molecule has 3 rings (SSSR count). The smallest absolute Gasteiger partial charge is 0.268 e. The highest BCUT2D eigenvalue weighted by Crippen LogP contribution is 2.14. The minimum absolute atomic E-state index is 0.183. The molecule has 0 bridgehead atoms. The number of amides is 1. The van der Waals surface area contributed by atoms with Gasteiger partial charge in [-0.25, -0.2) is 4.39 Å². The molecule has 0 fully saturated rings. The van der Waals surface area contributed by atoms with E-state index < -0.39 is 11.7 Å². The van der Waals surface area contributed by atoms with Gasteiger partial charge in [-0.3, -0.25) is 14.6 Å². The lowest BCUT2D eigenvalue weighted by molar-refractivity contribution is 0.0941. The van der Waals surface area contributed by atoms with Crippen LogP contribution in [0.4, 0.5) is 4.39 Å². The molecule has 1 aromatic carbocycles. The zero-order valence-corrected chi connectivity index (χ0v) is 12.4. The molecule has 1 N–H and O–H groups in total. The first kappa shape index (κ1) is 14.9. The molecule has 2 heterocycles. The van der Waals surface area contributed by atoms with E-state index in [9.17, 15) is 14.0 Å².